The minimum atomic E-state index is 0.482. The van der Waals surface area contributed by atoms with Crippen molar-refractivity contribution < 1.29 is 4.74 Å². The lowest BCUT2D eigenvalue weighted by Gasteiger charge is -2.19. The van der Waals surface area contributed by atoms with E-state index in [0.29, 0.717) is 11.5 Å². The quantitative estimate of drug-likeness (QED) is 0.500. The molecule has 58 valence electrons. The molecule has 1 aliphatic heterocycles. The molecule has 1 aliphatic carbocycles. The molecule has 0 amide bonds. The molecule has 0 bridgehead atoms. The van der Waals surface area contributed by atoms with Gasteiger partial charge in [-0.25, -0.2) is 0 Å². The van der Waals surface area contributed by atoms with Gasteiger partial charge in [0.15, 0.2) is 0 Å². The van der Waals surface area contributed by atoms with Crippen LogP contribution >= 0.6 is 0 Å². The van der Waals surface area contributed by atoms with E-state index >= 15 is 0 Å². The second-order valence-electron chi connectivity index (χ2n) is 4.68. The maximum absolute atomic E-state index is 5.57. The minimum Gasteiger partial charge on any atom is -0.378 e. The monoisotopic (exact) mass is 140 g/mol. The first-order valence-corrected chi connectivity index (χ1v) is 4.22. The summed E-state index contributed by atoms with van der Waals surface area (Å²) in [4.78, 5) is 0. The van der Waals surface area contributed by atoms with Crippen molar-refractivity contribution in [1.29, 1.82) is 0 Å². The van der Waals surface area contributed by atoms with Crippen molar-refractivity contribution in [1.82, 2.24) is 0 Å². The summed E-state index contributed by atoms with van der Waals surface area (Å²) in [6.07, 6.45) is 1.95. The standard InChI is InChI=1S/C9H16O/c1-9(2,3)7-6-4-5-10-8(6)7/h6-8H,4-5H2,1-3H3. The molecule has 3 atom stereocenters. The lowest BCUT2D eigenvalue weighted by molar-refractivity contribution is 0.110. The third-order valence-corrected chi connectivity index (χ3v) is 2.86. The minimum absolute atomic E-state index is 0.482. The van der Waals surface area contributed by atoms with Gasteiger partial charge in [-0.3, -0.25) is 0 Å². The second kappa shape index (κ2) is 1.76. The van der Waals surface area contributed by atoms with Gasteiger partial charge in [-0.15, -0.1) is 0 Å². The second-order valence-corrected chi connectivity index (χ2v) is 4.68. The first-order valence-electron chi connectivity index (χ1n) is 4.22. The lowest BCUT2D eigenvalue weighted by Crippen LogP contribution is -2.14. The van der Waals surface area contributed by atoms with E-state index in [1.165, 1.54) is 6.42 Å². The first kappa shape index (κ1) is 6.66. The van der Waals surface area contributed by atoms with Crippen LogP contribution in [0.2, 0.25) is 0 Å². The summed E-state index contributed by atoms with van der Waals surface area (Å²) >= 11 is 0. The molecule has 0 aromatic rings. The van der Waals surface area contributed by atoms with Gasteiger partial charge in [0.25, 0.3) is 0 Å². The zero-order valence-electron chi connectivity index (χ0n) is 7.05. The Balaban J connectivity index is 2.01. The molecule has 0 N–H and O–H groups in total. The van der Waals surface area contributed by atoms with E-state index in [-0.39, 0.29) is 0 Å². The molecule has 2 fully saturated rings. The average molecular weight is 140 g/mol. The molecule has 0 radical (unpaired) electrons. The van der Waals surface area contributed by atoms with E-state index in [1.807, 2.05) is 0 Å². The third kappa shape index (κ3) is 0.800. The van der Waals surface area contributed by atoms with Crippen molar-refractivity contribution in [2.24, 2.45) is 17.3 Å². The van der Waals surface area contributed by atoms with Crippen LogP contribution in [0.4, 0.5) is 0 Å². The van der Waals surface area contributed by atoms with Gasteiger partial charge in [-0.1, -0.05) is 20.8 Å². The van der Waals surface area contributed by atoms with Gasteiger partial charge in [0.05, 0.1) is 6.10 Å². The van der Waals surface area contributed by atoms with Gasteiger partial charge < -0.3 is 4.74 Å². The zero-order valence-corrected chi connectivity index (χ0v) is 7.05. The SMILES string of the molecule is CC(C)(C)C1C2CCOC21. The van der Waals surface area contributed by atoms with E-state index in [1.54, 1.807) is 0 Å². The molecule has 10 heavy (non-hydrogen) atoms. The Bertz CT molecular complexity index is 135. The smallest absolute Gasteiger partial charge is 0.0644 e. The number of ether oxygens (including phenoxy) is 1. The summed E-state index contributed by atoms with van der Waals surface area (Å²) in [5, 5.41) is 0. The number of fused-ring (bicyclic) bond motifs is 1. The number of rotatable bonds is 0. The van der Waals surface area contributed by atoms with Gasteiger partial charge in [0, 0.05) is 6.61 Å². The molecule has 1 heterocycles. The van der Waals surface area contributed by atoms with Crippen molar-refractivity contribution in [2.45, 2.75) is 33.3 Å². The molecular formula is C9H16O. The molecule has 0 aromatic heterocycles. The van der Waals surface area contributed by atoms with Crippen LogP contribution in [0.25, 0.3) is 0 Å². The molecule has 1 saturated carbocycles. The fraction of sp³-hybridized carbons (Fsp3) is 1.00. The third-order valence-electron chi connectivity index (χ3n) is 2.86. The van der Waals surface area contributed by atoms with Crippen LogP contribution in [0.15, 0.2) is 0 Å². The Morgan fingerprint density at radius 2 is 2.00 bits per heavy atom. The van der Waals surface area contributed by atoms with Crippen LogP contribution in [0, 0.1) is 17.3 Å². The highest BCUT2D eigenvalue weighted by atomic mass is 16.5. The largest absolute Gasteiger partial charge is 0.378 e. The fourth-order valence-corrected chi connectivity index (χ4v) is 2.39. The molecule has 2 rings (SSSR count). The van der Waals surface area contributed by atoms with E-state index in [2.05, 4.69) is 20.8 Å². The Labute approximate surface area is 62.8 Å². The summed E-state index contributed by atoms with van der Waals surface area (Å²) in [5.41, 5.74) is 0.482. The summed E-state index contributed by atoms with van der Waals surface area (Å²) in [7, 11) is 0. The molecule has 0 aromatic carbocycles. The van der Waals surface area contributed by atoms with Crippen LogP contribution in [0.1, 0.15) is 27.2 Å². The van der Waals surface area contributed by atoms with Crippen LogP contribution in [0.3, 0.4) is 0 Å². The lowest BCUT2D eigenvalue weighted by atomic mass is 9.88. The van der Waals surface area contributed by atoms with Gasteiger partial charge in [0.2, 0.25) is 0 Å². The van der Waals surface area contributed by atoms with Crippen LogP contribution in [-0.2, 0) is 4.74 Å². The van der Waals surface area contributed by atoms with Crippen molar-refractivity contribution in [3.63, 3.8) is 0 Å². The number of hydrogen-bond donors (Lipinski definition) is 0. The highest BCUT2D eigenvalue weighted by molar-refractivity contribution is 5.06. The maximum Gasteiger partial charge on any atom is 0.0644 e. The predicted octanol–water partition coefficient (Wildman–Crippen LogP) is 2.07. The van der Waals surface area contributed by atoms with E-state index in [9.17, 15) is 0 Å². The molecule has 0 spiro atoms. The van der Waals surface area contributed by atoms with E-state index in [0.717, 1.165) is 18.4 Å². The first-order chi connectivity index (χ1) is 4.61. The Hall–Kier alpha value is -0.0400. The molecular weight excluding hydrogens is 124 g/mol. The predicted molar refractivity (Wildman–Crippen MR) is 40.8 cm³/mol. The average Bonchev–Trinajstić information content (AvgIpc) is 2.30. The zero-order chi connectivity index (χ0) is 7.35. The Morgan fingerprint density at radius 1 is 1.30 bits per heavy atom. The Kier molecular flexibility index (Phi) is 1.17. The molecule has 1 heteroatoms. The number of hydrogen-bond acceptors (Lipinski definition) is 1. The van der Waals surface area contributed by atoms with Crippen molar-refractivity contribution in [3.05, 3.63) is 0 Å². The normalized spacial score (nSPS) is 45.3. The summed E-state index contributed by atoms with van der Waals surface area (Å²) in [6, 6.07) is 0. The molecule has 1 nitrogen and oxygen atoms in total. The molecule has 1 saturated heterocycles. The molecule has 3 unspecified atom stereocenters. The highest BCUT2D eigenvalue weighted by Crippen LogP contribution is 2.57. The van der Waals surface area contributed by atoms with Crippen LogP contribution in [-0.4, -0.2) is 12.7 Å². The van der Waals surface area contributed by atoms with Gasteiger partial charge >= 0.3 is 0 Å². The summed E-state index contributed by atoms with van der Waals surface area (Å²) in [6.45, 7) is 7.97. The fourth-order valence-electron chi connectivity index (χ4n) is 2.39. The maximum atomic E-state index is 5.57. The van der Waals surface area contributed by atoms with Crippen molar-refractivity contribution in [3.8, 4) is 0 Å². The summed E-state index contributed by atoms with van der Waals surface area (Å²) in [5.74, 6) is 1.78. The van der Waals surface area contributed by atoms with E-state index < -0.39 is 0 Å². The van der Waals surface area contributed by atoms with Gasteiger partial charge in [-0.05, 0) is 23.7 Å². The molecule has 2 aliphatic rings. The van der Waals surface area contributed by atoms with Crippen LogP contribution < -0.4 is 0 Å². The topological polar surface area (TPSA) is 9.23 Å². The summed E-state index contributed by atoms with van der Waals surface area (Å²) < 4.78 is 5.57. The Morgan fingerprint density at radius 3 is 2.30 bits per heavy atom. The van der Waals surface area contributed by atoms with E-state index in [4.69, 9.17) is 4.74 Å². The van der Waals surface area contributed by atoms with Crippen molar-refractivity contribution in [2.75, 3.05) is 6.61 Å². The van der Waals surface area contributed by atoms with Crippen molar-refractivity contribution >= 4 is 0 Å². The van der Waals surface area contributed by atoms with Crippen LogP contribution in [0.5, 0.6) is 0 Å². The highest BCUT2D eigenvalue weighted by Gasteiger charge is 2.59. The van der Waals surface area contributed by atoms with Gasteiger partial charge in [0.1, 0.15) is 0 Å². The van der Waals surface area contributed by atoms with Gasteiger partial charge in [-0.2, -0.15) is 0 Å².